The number of rotatable bonds is 10. The number of nitrogens with one attached hydrogen (secondary N) is 2. The summed E-state index contributed by atoms with van der Waals surface area (Å²) in [5, 5.41) is 3.33. The van der Waals surface area contributed by atoms with E-state index in [0.29, 0.717) is 11.3 Å². The van der Waals surface area contributed by atoms with Gasteiger partial charge in [-0.25, -0.2) is 0 Å². The SMILES string of the molecule is CC(C)(C)CC(C)(C)c1ccc(Oc2cc(Nc3ccc(S(=O)(=O)O)cc3)c3c4c(c(C(=O)c5ccccc5)c(=O)[nH]c24)-c2ccccc2C3=O)c(S(=O)[O-])c1. The molecule has 0 fully saturated rings. The van der Waals surface area contributed by atoms with Gasteiger partial charge >= 0.3 is 0 Å². The van der Waals surface area contributed by atoms with Gasteiger partial charge in [-0.1, -0.05) is 95.3 Å². The summed E-state index contributed by atoms with van der Waals surface area (Å²) in [7, 11) is -4.50. The minimum Gasteiger partial charge on any atom is -0.768 e. The summed E-state index contributed by atoms with van der Waals surface area (Å²) in [6, 6.07) is 26.3. The number of ether oxygens (including phenoxy) is 1. The monoisotopic (exact) mass is 789 g/mol. The topological polar surface area (TPSA) is 183 Å². The molecular weight excluding hydrogens is 753 g/mol. The number of aromatic amines is 1. The first-order chi connectivity index (χ1) is 26.3. The molecule has 13 heteroatoms. The molecule has 5 aromatic carbocycles. The largest absolute Gasteiger partial charge is 0.768 e. The van der Waals surface area contributed by atoms with E-state index in [-0.39, 0.29) is 71.1 Å². The maximum Gasteiger partial charge on any atom is 0.294 e. The summed E-state index contributed by atoms with van der Waals surface area (Å²) in [6.45, 7) is 10.4. The average molecular weight is 790 g/mol. The van der Waals surface area contributed by atoms with Crippen molar-refractivity contribution in [1.82, 2.24) is 4.98 Å². The highest BCUT2D eigenvalue weighted by molar-refractivity contribution is 7.85. The molecule has 1 heterocycles. The third-order valence-electron chi connectivity index (χ3n) is 9.72. The highest BCUT2D eigenvalue weighted by atomic mass is 32.2. The minimum absolute atomic E-state index is 0.0412. The van der Waals surface area contributed by atoms with Crippen LogP contribution in [0.2, 0.25) is 0 Å². The molecule has 56 heavy (non-hydrogen) atoms. The van der Waals surface area contributed by atoms with Gasteiger partial charge in [0.05, 0.1) is 32.1 Å². The summed E-state index contributed by atoms with van der Waals surface area (Å²) < 4.78 is 65.1. The van der Waals surface area contributed by atoms with Gasteiger partial charge in [-0.3, -0.25) is 23.1 Å². The molecule has 0 amide bonds. The first-order valence-corrected chi connectivity index (χ1v) is 20.1. The number of benzene rings is 5. The molecule has 1 atom stereocenters. The van der Waals surface area contributed by atoms with Gasteiger partial charge in [-0.15, -0.1) is 0 Å². The fraction of sp³-hybridized carbons (Fsp3) is 0.186. The van der Waals surface area contributed by atoms with Crippen LogP contribution in [-0.4, -0.2) is 38.3 Å². The molecular formula is C43H37N2O9S2-. The van der Waals surface area contributed by atoms with Crippen LogP contribution in [-0.2, 0) is 26.6 Å². The molecule has 1 aliphatic carbocycles. The van der Waals surface area contributed by atoms with E-state index in [0.717, 1.165) is 12.0 Å². The van der Waals surface area contributed by atoms with Crippen LogP contribution in [0.15, 0.2) is 118 Å². The van der Waals surface area contributed by atoms with E-state index >= 15 is 0 Å². The van der Waals surface area contributed by atoms with Crippen molar-refractivity contribution in [1.29, 1.82) is 0 Å². The molecule has 1 unspecified atom stereocenters. The molecule has 0 bridgehead atoms. The van der Waals surface area contributed by atoms with Crippen molar-refractivity contribution in [3.63, 3.8) is 0 Å². The van der Waals surface area contributed by atoms with Crippen LogP contribution in [0.3, 0.4) is 0 Å². The first-order valence-electron chi connectivity index (χ1n) is 17.6. The maximum atomic E-state index is 14.5. The van der Waals surface area contributed by atoms with Crippen molar-refractivity contribution in [3.8, 4) is 22.6 Å². The lowest BCUT2D eigenvalue weighted by Gasteiger charge is -2.33. The van der Waals surface area contributed by atoms with Crippen molar-refractivity contribution in [2.24, 2.45) is 5.41 Å². The van der Waals surface area contributed by atoms with E-state index in [4.69, 9.17) is 4.74 Å². The molecule has 11 nitrogen and oxygen atoms in total. The second-order valence-electron chi connectivity index (χ2n) is 15.6. The first kappa shape index (κ1) is 38.5. The lowest BCUT2D eigenvalue weighted by Crippen LogP contribution is -2.25. The number of hydrogen-bond acceptors (Lipinski definition) is 9. The maximum absolute atomic E-state index is 14.5. The zero-order valence-corrected chi connectivity index (χ0v) is 32.7. The molecule has 3 N–H and O–H groups in total. The standard InChI is InChI=1S/C43H38N2O9S2/c1-42(2,3)23-43(4,5)25-15-20-31(33(21-25)55(49)50)54-32-22-30(44-26-16-18-27(19-17-26)56(51,52)53)35-36-34(28-13-9-10-14-29(28)40(35)47)37(41(48)45-38(32)36)39(46)24-11-7-6-8-12-24/h6-22,44H,23H2,1-5H3,(H,45,48)(H,49,50)(H,51,52,53)/p-1. The Bertz CT molecular complexity index is 2790. The number of anilines is 2. The molecule has 0 spiro atoms. The Labute approximate surface area is 325 Å². The molecule has 7 rings (SSSR count). The van der Waals surface area contributed by atoms with Gasteiger partial charge in [0.1, 0.15) is 5.75 Å². The third-order valence-corrected chi connectivity index (χ3v) is 11.3. The number of ketones is 2. The summed E-state index contributed by atoms with van der Waals surface area (Å²) in [5.41, 5.74) is 0.900. The zero-order valence-electron chi connectivity index (χ0n) is 31.1. The Morgan fingerprint density at radius 2 is 1.48 bits per heavy atom. The van der Waals surface area contributed by atoms with E-state index in [2.05, 4.69) is 31.1 Å². The third kappa shape index (κ3) is 7.21. The Balaban J connectivity index is 1.51. The normalized spacial score (nSPS) is 13.3. The number of carbonyl (C=O) groups excluding carboxylic acids is 2. The molecule has 1 aliphatic rings. The van der Waals surface area contributed by atoms with Gasteiger partial charge < -0.3 is 19.6 Å². The van der Waals surface area contributed by atoms with E-state index in [1.165, 1.54) is 30.3 Å². The average Bonchev–Trinajstić information content (AvgIpc) is 3.13. The number of hydrogen-bond donors (Lipinski definition) is 3. The van der Waals surface area contributed by atoms with Gasteiger partial charge in [0.15, 0.2) is 17.3 Å². The summed E-state index contributed by atoms with van der Waals surface area (Å²) in [6.07, 6.45) is 0.751. The van der Waals surface area contributed by atoms with Gasteiger partial charge in [0.2, 0.25) is 0 Å². The second kappa shape index (κ2) is 14.1. The van der Waals surface area contributed by atoms with Gasteiger partial charge in [0, 0.05) is 33.8 Å². The van der Waals surface area contributed by atoms with E-state index in [1.54, 1.807) is 72.8 Å². The van der Waals surface area contributed by atoms with Crippen molar-refractivity contribution < 1.29 is 36.1 Å². The summed E-state index contributed by atoms with van der Waals surface area (Å²) in [5.74, 6) is -1.13. The molecule has 0 saturated carbocycles. The van der Waals surface area contributed by atoms with E-state index in [9.17, 15) is 36.1 Å². The predicted molar refractivity (Wildman–Crippen MR) is 214 cm³/mol. The fourth-order valence-corrected chi connectivity index (χ4v) is 8.65. The lowest BCUT2D eigenvalue weighted by molar-refractivity contribution is 0.102. The van der Waals surface area contributed by atoms with E-state index < -0.39 is 43.7 Å². The van der Waals surface area contributed by atoms with Crippen LogP contribution in [0.1, 0.15) is 78.4 Å². The quantitative estimate of drug-likeness (QED) is 0.0688. The van der Waals surface area contributed by atoms with Crippen molar-refractivity contribution in [2.45, 2.75) is 56.2 Å². The Hall–Kier alpha value is -5.73. The number of carbonyl (C=O) groups is 2. The molecule has 0 saturated heterocycles. The number of H-pyrrole nitrogens is 1. The Morgan fingerprint density at radius 1 is 0.839 bits per heavy atom. The van der Waals surface area contributed by atoms with Gasteiger partial charge in [-0.2, -0.15) is 8.42 Å². The fourth-order valence-electron chi connectivity index (χ4n) is 7.67. The van der Waals surface area contributed by atoms with Crippen molar-refractivity contribution in [3.05, 3.63) is 141 Å². The highest BCUT2D eigenvalue weighted by Gasteiger charge is 2.35. The van der Waals surface area contributed by atoms with Gasteiger partial charge in [0.25, 0.3) is 15.7 Å². The number of aromatic nitrogens is 1. The molecule has 286 valence electrons. The smallest absolute Gasteiger partial charge is 0.294 e. The Kier molecular flexibility index (Phi) is 9.70. The van der Waals surface area contributed by atoms with Crippen LogP contribution >= 0.6 is 0 Å². The van der Waals surface area contributed by atoms with Crippen molar-refractivity contribution in [2.75, 3.05) is 5.32 Å². The highest BCUT2D eigenvalue weighted by Crippen LogP contribution is 2.48. The molecule has 0 radical (unpaired) electrons. The molecule has 0 aliphatic heterocycles. The molecule has 1 aromatic heterocycles. The van der Waals surface area contributed by atoms with Crippen LogP contribution in [0.25, 0.3) is 22.0 Å². The van der Waals surface area contributed by atoms with E-state index in [1.807, 2.05) is 13.8 Å². The van der Waals surface area contributed by atoms with Crippen LogP contribution < -0.4 is 15.6 Å². The zero-order chi connectivity index (χ0) is 40.3. The Morgan fingerprint density at radius 3 is 2.11 bits per heavy atom. The molecule has 6 aromatic rings. The van der Waals surface area contributed by atoms with Crippen LogP contribution in [0, 0.1) is 5.41 Å². The number of fused-ring (bicyclic) bond motifs is 2. The summed E-state index contributed by atoms with van der Waals surface area (Å²) >= 11 is -2.76. The predicted octanol–water partition coefficient (Wildman–Crippen LogP) is 8.70. The van der Waals surface area contributed by atoms with Gasteiger partial charge in [-0.05, 0) is 75.9 Å². The minimum atomic E-state index is -4.50. The lowest BCUT2D eigenvalue weighted by atomic mass is 9.72. The second-order valence-corrected chi connectivity index (χ2v) is 17.9. The summed E-state index contributed by atoms with van der Waals surface area (Å²) in [4.78, 5) is 45.2. The number of pyridine rings is 1. The van der Waals surface area contributed by atoms with Crippen LogP contribution in [0.4, 0.5) is 11.4 Å². The van der Waals surface area contributed by atoms with Crippen LogP contribution in [0.5, 0.6) is 11.5 Å². The van der Waals surface area contributed by atoms with Crippen molar-refractivity contribution >= 4 is 55.0 Å².